The molecule has 0 bridgehead atoms. The molecule has 248 valence electrons. The van der Waals surface area contributed by atoms with Crippen LogP contribution in [-0.2, 0) is 33.2 Å². The number of benzene rings is 1. The topological polar surface area (TPSA) is 234 Å². The van der Waals surface area contributed by atoms with Gasteiger partial charge in [-0.3, -0.25) is 0 Å². The van der Waals surface area contributed by atoms with E-state index in [-0.39, 0.29) is 5.75 Å². The summed E-state index contributed by atoms with van der Waals surface area (Å²) in [6, 6.07) is 6.04. The number of hydrogen-bond acceptors (Lipinski definition) is 15. The first-order chi connectivity index (χ1) is 21.5. The van der Waals surface area contributed by atoms with Gasteiger partial charge in [-0.25, -0.2) is 4.79 Å². The van der Waals surface area contributed by atoms with E-state index in [1.807, 2.05) is 0 Å². The fourth-order valence-corrected chi connectivity index (χ4v) is 5.80. The van der Waals surface area contributed by atoms with Gasteiger partial charge in [0.15, 0.2) is 18.7 Å². The smallest absolute Gasteiger partial charge is 0.331 e. The number of ether oxygens (including phenoxy) is 6. The maximum atomic E-state index is 12.7. The number of aliphatic hydroxyl groups excluding tert-OH is 7. The van der Waals surface area contributed by atoms with Crippen molar-refractivity contribution in [1.29, 1.82) is 0 Å². The zero-order valence-electron chi connectivity index (χ0n) is 24.1. The van der Waals surface area contributed by atoms with Crippen LogP contribution in [0.15, 0.2) is 54.3 Å². The number of phenols is 1. The predicted molar refractivity (Wildman–Crippen MR) is 149 cm³/mol. The highest BCUT2D eigenvalue weighted by atomic mass is 16.8. The third-order valence-corrected chi connectivity index (χ3v) is 8.34. The summed E-state index contributed by atoms with van der Waals surface area (Å²) in [5.41, 5.74) is 1.01. The molecule has 45 heavy (non-hydrogen) atoms. The maximum absolute atomic E-state index is 12.7. The highest BCUT2D eigenvalue weighted by Crippen LogP contribution is 2.43. The fraction of sp³-hybridized carbons (Fsp3) is 0.567. The third-order valence-electron chi connectivity index (χ3n) is 8.34. The summed E-state index contributed by atoms with van der Waals surface area (Å²) in [5.74, 6) is -2.08. The molecule has 0 unspecified atom stereocenters. The zero-order chi connectivity index (χ0) is 32.4. The normalized spacial score (nSPS) is 41.4. The minimum absolute atomic E-state index is 0.0546. The Morgan fingerprint density at radius 3 is 2.31 bits per heavy atom. The molecule has 4 aliphatic rings. The van der Waals surface area contributed by atoms with Gasteiger partial charge < -0.3 is 69.3 Å². The lowest BCUT2D eigenvalue weighted by molar-refractivity contribution is -0.341. The zero-order valence-corrected chi connectivity index (χ0v) is 24.1. The van der Waals surface area contributed by atoms with Crippen LogP contribution in [0.3, 0.4) is 0 Å². The molecule has 15 nitrogen and oxygen atoms in total. The number of carbonyl (C=O) groups is 1. The second-order valence-corrected chi connectivity index (χ2v) is 11.3. The first-order valence-electron chi connectivity index (χ1n) is 14.5. The summed E-state index contributed by atoms with van der Waals surface area (Å²) in [6.07, 6.45) is -9.27. The van der Waals surface area contributed by atoms with Gasteiger partial charge in [-0.15, -0.1) is 0 Å². The summed E-state index contributed by atoms with van der Waals surface area (Å²) in [7, 11) is 0. The fourth-order valence-electron chi connectivity index (χ4n) is 5.80. The van der Waals surface area contributed by atoms with E-state index in [1.165, 1.54) is 31.4 Å². The summed E-state index contributed by atoms with van der Waals surface area (Å²) in [5, 5.41) is 81.1. The van der Waals surface area contributed by atoms with Crippen molar-refractivity contribution >= 4 is 12.0 Å². The van der Waals surface area contributed by atoms with Crippen LogP contribution in [-0.4, -0.2) is 134 Å². The van der Waals surface area contributed by atoms with Crippen molar-refractivity contribution in [2.24, 2.45) is 11.8 Å². The summed E-state index contributed by atoms with van der Waals surface area (Å²) in [4.78, 5) is 12.7. The number of esters is 1. The van der Waals surface area contributed by atoms with Crippen LogP contribution in [0, 0.1) is 11.8 Å². The first-order valence-corrected chi connectivity index (χ1v) is 14.5. The van der Waals surface area contributed by atoms with E-state index in [4.69, 9.17) is 28.4 Å². The number of phenolic OH excluding ortho intramolecular Hbond substituents is 1. The van der Waals surface area contributed by atoms with Crippen molar-refractivity contribution in [1.82, 2.24) is 0 Å². The molecule has 3 heterocycles. The molecule has 2 fully saturated rings. The van der Waals surface area contributed by atoms with Gasteiger partial charge in [-0.05, 0) is 42.3 Å². The molecule has 8 N–H and O–H groups in total. The third kappa shape index (κ3) is 7.08. The molecule has 15 heteroatoms. The van der Waals surface area contributed by atoms with Crippen molar-refractivity contribution < 1.29 is 74.1 Å². The van der Waals surface area contributed by atoms with Crippen LogP contribution >= 0.6 is 0 Å². The van der Waals surface area contributed by atoms with Gasteiger partial charge in [0.05, 0.1) is 37.6 Å². The van der Waals surface area contributed by atoms with Crippen molar-refractivity contribution in [2.75, 3.05) is 13.2 Å². The van der Waals surface area contributed by atoms with E-state index in [2.05, 4.69) is 0 Å². The van der Waals surface area contributed by atoms with E-state index in [0.29, 0.717) is 11.1 Å². The van der Waals surface area contributed by atoms with Crippen molar-refractivity contribution in [2.45, 2.75) is 80.7 Å². The molecular weight excluding hydrogens is 600 g/mol. The van der Waals surface area contributed by atoms with Crippen molar-refractivity contribution in [3.8, 4) is 5.75 Å². The number of rotatable bonds is 9. The Kier molecular flexibility index (Phi) is 10.6. The Morgan fingerprint density at radius 1 is 0.889 bits per heavy atom. The predicted octanol–water partition coefficient (Wildman–Crippen LogP) is -1.98. The molecule has 2 saturated heterocycles. The van der Waals surface area contributed by atoms with Gasteiger partial charge in [0.2, 0.25) is 6.29 Å². The molecule has 0 radical (unpaired) electrons. The first kappa shape index (κ1) is 33.4. The molecule has 1 aliphatic carbocycles. The van der Waals surface area contributed by atoms with Crippen LogP contribution in [0.2, 0.25) is 0 Å². The second kappa shape index (κ2) is 14.2. The Labute approximate surface area is 257 Å². The lowest BCUT2D eigenvalue weighted by atomic mass is 9.88. The molecule has 0 aromatic heterocycles. The van der Waals surface area contributed by atoms with E-state index in [0.717, 1.165) is 6.08 Å². The Balaban J connectivity index is 1.30. The van der Waals surface area contributed by atoms with Gasteiger partial charge in [0.1, 0.15) is 42.4 Å². The standard InChI is InChI=1S/C30H38O15/c1-13-22(35)25(38)27(44-20(34)7-4-14-2-5-16(33)6-3-14)30(41-13)42-18-10-15(11-31)21-17(18)8-9-40-28(21)45-29-26(39)24(37)23(36)19(12-32)43-29/h2-10,13,17-19,21-33,35-39H,11-12H2,1H3/b7-4+/t13-,17-,18+,19+,21+,22-,23+,24-,25+,26+,27+,28-,29-,30-/m0/s1. The van der Waals surface area contributed by atoms with Gasteiger partial charge in [-0.2, -0.15) is 0 Å². The van der Waals surface area contributed by atoms with E-state index < -0.39 is 105 Å². The molecule has 3 aliphatic heterocycles. The Morgan fingerprint density at radius 2 is 1.62 bits per heavy atom. The second-order valence-electron chi connectivity index (χ2n) is 11.3. The number of fused-ring (bicyclic) bond motifs is 1. The molecular formula is C30H38O15. The van der Waals surface area contributed by atoms with E-state index in [9.17, 15) is 45.6 Å². The molecule has 1 aromatic rings. The number of hydrogen-bond donors (Lipinski definition) is 8. The highest BCUT2D eigenvalue weighted by Gasteiger charge is 2.52. The van der Waals surface area contributed by atoms with Crippen molar-refractivity contribution in [3.05, 3.63) is 59.9 Å². The quantitative estimate of drug-likeness (QED) is 0.0832. The number of aliphatic hydroxyl groups is 7. The number of carbonyl (C=O) groups excluding carboxylic acids is 1. The Hall–Kier alpha value is -2.93. The van der Waals surface area contributed by atoms with E-state index >= 15 is 0 Å². The Bertz CT molecular complexity index is 1250. The molecule has 14 atom stereocenters. The monoisotopic (exact) mass is 638 g/mol. The van der Waals surface area contributed by atoms with Gasteiger partial charge in [0, 0.05) is 12.0 Å². The molecule has 0 saturated carbocycles. The minimum atomic E-state index is -1.69. The van der Waals surface area contributed by atoms with Crippen LogP contribution < -0.4 is 0 Å². The summed E-state index contributed by atoms with van der Waals surface area (Å²) in [6.45, 7) is 0.410. The lowest BCUT2D eigenvalue weighted by Crippen LogP contribution is -2.60. The average Bonchev–Trinajstić information content (AvgIpc) is 3.40. The number of aromatic hydroxyl groups is 1. The van der Waals surface area contributed by atoms with Crippen molar-refractivity contribution in [3.63, 3.8) is 0 Å². The molecule has 0 amide bonds. The van der Waals surface area contributed by atoms with Gasteiger partial charge >= 0.3 is 5.97 Å². The van der Waals surface area contributed by atoms with E-state index in [1.54, 1.807) is 24.3 Å². The molecule has 0 spiro atoms. The molecule has 5 rings (SSSR count). The van der Waals surface area contributed by atoms with Crippen LogP contribution in [0.1, 0.15) is 12.5 Å². The van der Waals surface area contributed by atoms with Crippen LogP contribution in [0.5, 0.6) is 5.75 Å². The highest BCUT2D eigenvalue weighted by molar-refractivity contribution is 5.87. The summed E-state index contributed by atoms with van der Waals surface area (Å²) < 4.78 is 34.4. The minimum Gasteiger partial charge on any atom is -0.508 e. The van der Waals surface area contributed by atoms with Crippen LogP contribution in [0.25, 0.3) is 6.08 Å². The molecule has 1 aromatic carbocycles. The summed E-state index contributed by atoms with van der Waals surface area (Å²) >= 11 is 0. The lowest BCUT2D eigenvalue weighted by Gasteiger charge is -2.43. The van der Waals surface area contributed by atoms with Crippen LogP contribution in [0.4, 0.5) is 0 Å². The largest absolute Gasteiger partial charge is 0.508 e. The maximum Gasteiger partial charge on any atom is 0.331 e. The van der Waals surface area contributed by atoms with Gasteiger partial charge in [-0.1, -0.05) is 18.2 Å². The SMILES string of the molecule is C[C@@H]1O[C@@H](O[C@@H]2C=C(CO)[C@H]3[C@H](O[C@@H]4O[C@H](CO)[C@@H](O)[C@H](O)[C@H]4O)OC=C[C@H]32)[C@H](OC(=O)/C=C/c2ccc(O)cc2)[C@H](O)[C@H]1O. The average molecular weight is 639 g/mol. The van der Waals surface area contributed by atoms with Gasteiger partial charge in [0.25, 0.3) is 0 Å².